The van der Waals surface area contributed by atoms with Gasteiger partial charge in [-0.2, -0.15) is 0 Å². The topological polar surface area (TPSA) is 58.4 Å². The van der Waals surface area contributed by atoms with Crippen molar-refractivity contribution in [3.05, 3.63) is 23.8 Å². The molecule has 1 aromatic rings. The van der Waals surface area contributed by atoms with Crippen molar-refractivity contribution in [3.8, 4) is 0 Å². The summed E-state index contributed by atoms with van der Waals surface area (Å²) in [6.45, 7) is 4.44. The molecule has 0 radical (unpaired) electrons. The van der Waals surface area contributed by atoms with Gasteiger partial charge in [-0.15, -0.1) is 11.8 Å². The number of anilines is 1. The maximum atomic E-state index is 11.3. The molecule has 4 nitrogen and oxygen atoms in total. The standard InChI is InChI=1S/C12H17N3OS/c1-9-2-3-10(13)8-11(9)17-7-6-15-5-4-14-12(15)16/h2-3,8H,4-7,13H2,1H3,(H,14,16). The summed E-state index contributed by atoms with van der Waals surface area (Å²) in [5.74, 6) is 0.901. The summed E-state index contributed by atoms with van der Waals surface area (Å²) in [6.07, 6.45) is 0. The fourth-order valence-electron chi connectivity index (χ4n) is 1.76. The van der Waals surface area contributed by atoms with E-state index in [1.165, 1.54) is 10.5 Å². The number of urea groups is 1. The minimum Gasteiger partial charge on any atom is -0.399 e. The van der Waals surface area contributed by atoms with E-state index in [9.17, 15) is 4.79 Å². The molecule has 1 heterocycles. The Morgan fingerprint density at radius 2 is 2.35 bits per heavy atom. The molecule has 0 spiro atoms. The van der Waals surface area contributed by atoms with Crippen LogP contribution in [0.4, 0.5) is 10.5 Å². The van der Waals surface area contributed by atoms with Gasteiger partial charge in [0.2, 0.25) is 0 Å². The van der Waals surface area contributed by atoms with Gasteiger partial charge >= 0.3 is 6.03 Å². The van der Waals surface area contributed by atoms with Crippen LogP contribution in [0.5, 0.6) is 0 Å². The number of rotatable bonds is 4. The van der Waals surface area contributed by atoms with Crippen molar-refractivity contribution in [3.63, 3.8) is 0 Å². The van der Waals surface area contributed by atoms with Crippen LogP contribution < -0.4 is 11.1 Å². The van der Waals surface area contributed by atoms with Gasteiger partial charge in [0.25, 0.3) is 0 Å². The Morgan fingerprint density at radius 3 is 3.06 bits per heavy atom. The lowest BCUT2D eigenvalue weighted by molar-refractivity contribution is 0.220. The maximum Gasteiger partial charge on any atom is 0.317 e. The number of nitrogen functional groups attached to an aromatic ring is 1. The highest BCUT2D eigenvalue weighted by molar-refractivity contribution is 7.99. The first-order valence-electron chi connectivity index (χ1n) is 5.68. The molecule has 0 bridgehead atoms. The van der Waals surface area contributed by atoms with Crippen LogP contribution in [0.1, 0.15) is 5.56 Å². The van der Waals surface area contributed by atoms with Crippen LogP contribution in [0, 0.1) is 6.92 Å². The first-order chi connectivity index (χ1) is 8.16. The Kier molecular flexibility index (Phi) is 3.78. The minimum atomic E-state index is 0.0508. The molecular formula is C12H17N3OS. The van der Waals surface area contributed by atoms with E-state index in [4.69, 9.17) is 5.73 Å². The number of thioether (sulfide) groups is 1. The minimum absolute atomic E-state index is 0.0508. The predicted octanol–water partition coefficient (Wildman–Crippen LogP) is 1.69. The van der Waals surface area contributed by atoms with Crippen molar-refractivity contribution in [2.24, 2.45) is 0 Å². The lowest BCUT2D eigenvalue weighted by Gasteiger charge is -2.14. The van der Waals surface area contributed by atoms with Gasteiger partial charge in [-0.1, -0.05) is 6.07 Å². The van der Waals surface area contributed by atoms with Crippen LogP contribution in [0.2, 0.25) is 0 Å². The van der Waals surface area contributed by atoms with Gasteiger partial charge < -0.3 is 16.0 Å². The molecule has 1 aromatic carbocycles. The number of nitrogens with two attached hydrogens (primary N) is 1. The van der Waals surface area contributed by atoms with Gasteiger partial charge in [-0.25, -0.2) is 4.79 Å². The number of carbonyl (C=O) groups excluding carboxylic acids is 1. The molecular weight excluding hydrogens is 234 g/mol. The summed E-state index contributed by atoms with van der Waals surface area (Å²) < 4.78 is 0. The van der Waals surface area contributed by atoms with E-state index < -0.39 is 0 Å². The molecule has 1 aliphatic heterocycles. The largest absolute Gasteiger partial charge is 0.399 e. The predicted molar refractivity (Wildman–Crippen MR) is 71.3 cm³/mol. The molecule has 17 heavy (non-hydrogen) atoms. The van der Waals surface area contributed by atoms with Gasteiger partial charge in [0.05, 0.1) is 0 Å². The summed E-state index contributed by atoms with van der Waals surface area (Å²) in [5, 5.41) is 2.80. The zero-order valence-electron chi connectivity index (χ0n) is 9.90. The normalized spacial score (nSPS) is 15.1. The maximum absolute atomic E-state index is 11.3. The Bertz CT molecular complexity index is 422. The van der Waals surface area contributed by atoms with E-state index >= 15 is 0 Å². The summed E-state index contributed by atoms with van der Waals surface area (Å²) in [4.78, 5) is 14.4. The number of nitrogens with zero attached hydrogens (tertiary/aromatic N) is 1. The lowest BCUT2D eigenvalue weighted by Crippen LogP contribution is -2.30. The monoisotopic (exact) mass is 251 g/mol. The molecule has 2 rings (SSSR count). The van der Waals surface area contributed by atoms with E-state index in [2.05, 4.69) is 12.2 Å². The van der Waals surface area contributed by atoms with Gasteiger partial charge in [0.1, 0.15) is 0 Å². The summed E-state index contributed by atoms with van der Waals surface area (Å²) >= 11 is 1.75. The van der Waals surface area contributed by atoms with Crippen molar-refractivity contribution in [1.29, 1.82) is 0 Å². The van der Waals surface area contributed by atoms with E-state index in [1.54, 1.807) is 11.8 Å². The second-order valence-corrected chi connectivity index (χ2v) is 5.23. The third-order valence-electron chi connectivity index (χ3n) is 2.78. The van der Waals surface area contributed by atoms with Crippen LogP contribution in [0.15, 0.2) is 23.1 Å². The average molecular weight is 251 g/mol. The van der Waals surface area contributed by atoms with Crippen molar-refractivity contribution in [2.75, 3.05) is 31.1 Å². The SMILES string of the molecule is Cc1ccc(N)cc1SCCN1CCNC1=O. The number of benzene rings is 1. The van der Waals surface area contributed by atoms with Crippen LogP contribution in [0.3, 0.4) is 0 Å². The molecule has 0 atom stereocenters. The molecule has 1 aliphatic rings. The highest BCUT2D eigenvalue weighted by atomic mass is 32.2. The van der Waals surface area contributed by atoms with Crippen LogP contribution >= 0.6 is 11.8 Å². The second-order valence-electron chi connectivity index (χ2n) is 4.09. The summed E-state index contributed by atoms with van der Waals surface area (Å²) in [6, 6.07) is 5.98. The fourth-order valence-corrected chi connectivity index (χ4v) is 2.81. The second kappa shape index (κ2) is 5.31. The first-order valence-corrected chi connectivity index (χ1v) is 6.67. The number of carbonyl (C=O) groups is 1. The van der Waals surface area contributed by atoms with Crippen molar-refractivity contribution < 1.29 is 4.79 Å². The average Bonchev–Trinajstić information content (AvgIpc) is 2.70. The zero-order chi connectivity index (χ0) is 12.3. The molecule has 5 heteroatoms. The Labute approximate surface area is 106 Å². The Balaban J connectivity index is 1.85. The smallest absolute Gasteiger partial charge is 0.317 e. The number of hydrogen-bond donors (Lipinski definition) is 2. The van der Waals surface area contributed by atoms with Crippen molar-refractivity contribution in [1.82, 2.24) is 10.2 Å². The Hall–Kier alpha value is -1.36. The van der Waals surface area contributed by atoms with E-state index in [0.29, 0.717) is 0 Å². The molecule has 0 aliphatic carbocycles. The highest BCUT2D eigenvalue weighted by Gasteiger charge is 2.18. The third-order valence-corrected chi connectivity index (χ3v) is 3.91. The zero-order valence-corrected chi connectivity index (χ0v) is 10.7. The molecule has 2 amide bonds. The van der Waals surface area contributed by atoms with Gasteiger partial charge in [0, 0.05) is 36.0 Å². The van der Waals surface area contributed by atoms with E-state index in [1.807, 2.05) is 23.1 Å². The van der Waals surface area contributed by atoms with Crippen LogP contribution in [-0.2, 0) is 0 Å². The first kappa shape index (κ1) is 12.1. The summed E-state index contributed by atoms with van der Waals surface area (Å²) in [5.41, 5.74) is 7.78. The summed E-state index contributed by atoms with van der Waals surface area (Å²) in [7, 11) is 0. The number of nitrogens with one attached hydrogen (secondary N) is 1. The number of aryl methyl sites for hydroxylation is 1. The van der Waals surface area contributed by atoms with Crippen molar-refractivity contribution in [2.45, 2.75) is 11.8 Å². The number of amides is 2. The molecule has 1 saturated heterocycles. The van der Waals surface area contributed by atoms with Crippen molar-refractivity contribution >= 4 is 23.5 Å². The molecule has 3 N–H and O–H groups in total. The quantitative estimate of drug-likeness (QED) is 0.632. The molecule has 0 saturated carbocycles. The van der Waals surface area contributed by atoms with Gasteiger partial charge in [-0.05, 0) is 24.6 Å². The van der Waals surface area contributed by atoms with E-state index in [-0.39, 0.29) is 6.03 Å². The van der Waals surface area contributed by atoms with Crippen LogP contribution in [-0.4, -0.2) is 36.3 Å². The lowest BCUT2D eigenvalue weighted by atomic mass is 10.2. The highest BCUT2D eigenvalue weighted by Crippen LogP contribution is 2.24. The van der Waals surface area contributed by atoms with E-state index in [0.717, 1.165) is 31.1 Å². The molecule has 0 unspecified atom stereocenters. The van der Waals surface area contributed by atoms with Gasteiger partial charge in [0.15, 0.2) is 0 Å². The molecule has 1 fully saturated rings. The number of hydrogen-bond acceptors (Lipinski definition) is 3. The van der Waals surface area contributed by atoms with Gasteiger partial charge in [-0.3, -0.25) is 0 Å². The third kappa shape index (κ3) is 3.06. The van der Waals surface area contributed by atoms with Crippen LogP contribution in [0.25, 0.3) is 0 Å². The fraction of sp³-hybridized carbons (Fsp3) is 0.417. The Morgan fingerprint density at radius 1 is 1.53 bits per heavy atom. The molecule has 0 aromatic heterocycles. The molecule has 92 valence electrons.